The highest BCUT2D eigenvalue weighted by Gasteiger charge is 2.10. The summed E-state index contributed by atoms with van der Waals surface area (Å²) in [4.78, 5) is 14.6. The van der Waals surface area contributed by atoms with Crippen LogP contribution in [0, 0.1) is 13.8 Å². The Morgan fingerprint density at radius 2 is 1.74 bits per heavy atom. The van der Waals surface area contributed by atoms with E-state index in [-0.39, 0.29) is 5.54 Å². The summed E-state index contributed by atoms with van der Waals surface area (Å²) in [6.07, 6.45) is 5.64. The molecule has 3 N–H and O–H groups in total. The summed E-state index contributed by atoms with van der Waals surface area (Å²) in [5.74, 6) is 2.33. The third kappa shape index (κ3) is 6.59. The Kier molecular flexibility index (Phi) is 7.19. The van der Waals surface area contributed by atoms with Gasteiger partial charge in [0, 0.05) is 52.5 Å². The van der Waals surface area contributed by atoms with Crippen LogP contribution in [0.1, 0.15) is 37.7 Å². The fourth-order valence-electron chi connectivity index (χ4n) is 3.20. The van der Waals surface area contributed by atoms with Crippen molar-refractivity contribution in [1.82, 2.24) is 24.2 Å². The zero-order valence-corrected chi connectivity index (χ0v) is 21.1. The molecule has 0 radical (unpaired) electrons. The molecule has 0 bridgehead atoms. The molecule has 2 heterocycles. The van der Waals surface area contributed by atoms with Gasteiger partial charge >= 0.3 is 0 Å². The van der Waals surface area contributed by atoms with E-state index in [2.05, 4.69) is 74.9 Å². The first-order valence-corrected chi connectivity index (χ1v) is 12.1. The smallest absolute Gasteiger partial charge is 0.229 e. The largest absolute Gasteiger partial charge is 0.340 e. The average Bonchev–Trinajstić information content (AvgIpc) is 3.20. The Morgan fingerprint density at radius 3 is 2.44 bits per heavy atom. The molecule has 0 fully saturated rings. The Labute approximate surface area is 205 Å². The van der Waals surface area contributed by atoms with Gasteiger partial charge < -0.3 is 15.2 Å². The van der Waals surface area contributed by atoms with Crippen molar-refractivity contribution in [3.63, 3.8) is 0 Å². The zero-order valence-electron chi connectivity index (χ0n) is 20.3. The predicted octanol–water partition coefficient (Wildman–Crippen LogP) is 6.22. The van der Waals surface area contributed by atoms with Gasteiger partial charge in [0.2, 0.25) is 5.95 Å². The lowest BCUT2D eigenvalue weighted by atomic mass is 10.1. The number of rotatable bonds is 8. The molecule has 0 aliphatic heterocycles. The predicted molar refractivity (Wildman–Crippen MR) is 141 cm³/mol. The Morgan fingerprint density at radius 1 is 0.941 bits per heavy atom. The first-order valence-electron chi connectivity index (χ1n) is 11.2. The van der Waals surface area contributed by atoms with Crippen LogP contribution in [0.15, 0.2) is 72.0 Å². The number of aromatic nitrogens is 4. The molecule has 7 nitrogen and oxygen atoms in total. The van der Waals surface area contributed by atoms with E-state index in [0.717, 1.165) is 40.0 Å². The third-order valence-corrected chi connectivity index (χ3v) is 6.23. The Bertz CT molecular complexity index is 1240. The highest BCUT2D eigenvalue weighted by molar-refractivity contribution is 7.97. The van der Waals surface area contributed by atoms with E-state index in [1.807, 2.05) is 56.7 Å². The molecule has 0 saturated heterocycles. The minimum atomic E-state index is 0.0363. The second-order valence-corrected chi connectivity index (χ2v) is 10.1. The summed E-state index contributed by atoms with van der Waals surface area (Å²) in [5.41, 5.74) is 4.13. The van der Waals surface area contributed by atoms with Crippen LogP contribution in [0.2, 0.25) is 0 Å². The molecule has 0 atom stereocenters. The monoisotopic (exact) mass is 473 g/mol. The number of imidazole rings is 1. The molecule has 0 aliphatic rings. The molecule has 0 unspecified atom stereocenters. The van der Waals surface area contributed by atoms with Crippen molar-refractivity contribution >= 4 is 35.1 Å². The van der Waals surface area contributed by atoms with Gasteiger partial charge in [0.25, 0.3) is 0 Å². The van der Waals surface area contributed by atoms with Crippen LogP contribution in [-0.4, -0.2) is 25.1 Å². The normalized spacial score (nSPS) is 11.4. The van der Waals surface area contributed by atoms with Crippen LogP contribution < -0.4 is 15.4 Å². The van der Waals surface area contributed by atoms with Gasteiger partial charge in [-0.25, -0.2) is 9.97 Å². The number of nitrogens with zero attached hydrogens (tertiary/aromatic N) is 4. The number of hydrogen-bond acceptors (Lipinski definition) is 7. The molecule has 4 aromatic rings. The van der Waals surface area contributed by atoms with E-state index in [0.29, 0.717) is 5.95 Å². The molecule has 8 heteroatoms. The molecule has 0 aliphatic carbocycles. The Balaban J connectivity index is 1.43. The van der Waals surface area contributed by atoms with Crippen molar-refractivity contribution in [3.05, 3.63) is 84.1 Å². The van der Waals surface area contributed by atoms with Crippen molar-refractivity contribution in [2.24, 2.45) is 0 Å². The van der Waals surface area contributed by atoms with Crippen LogP contribution in [0.5, 0.6) is 0 Å². The van der Waals surface area contributed by atoms with Crippen molar-refractivity contribution in [1.29, 1.82) is 0 Å². The number of nitrogens with one attached hydrogen (secondary N) is 3. The maximum Gasteiger partial charge on any atom is 0.229 e. The van der Waals surface area contributed by atoms with Gasteiger partial charge in [-0.2, -0.15) is 4.98 Å². The van der Waals surface area contributed by atoms with Gasteiger partial charge in [-0.1, -0.05) is 18.2 Å². The first-order chi connectivity index (χ1) is 16.2. The number of anilines is 4. The van der Waals surface area contributed by atoms with Crippen LogP contribution >= 0.6 is 11.9 Å². The standard InChI is InChI=1S/C26H31N7S/c1-18-16-28-25(30-21-11-9-20(10-12-21)17-33-14-13-27-19(33)2)31-24(18)29-22-7-6-8-23(15-22)34-32-26(3,4)5/h6-16,32H,17H2,1-5H3,(H2,28,29,30,31). The summed E-state index contributed by atoms with van der Waals surface area (Å²) in [7, 11) is 0. The quantitative estimate of drug-likeness (QED) is 0.262. The van der Waals surface area contributed by atoms with E-state index in [9.17, 15) is 0 Å². The zero-order chi connectivity index (χ0) is 24.1. The van der Waals surface area contributed by atoms with Gasteiger partial charge in [0.15, 0.2) is 0 Å². The maximum atomic E-state index is 4.70. The van der Waals surface area contributed by atoms with E-state index >= 15 is 0 Å². The Hall–Kier alpha value is -3.36. The van der Waals surface area contributed by atoms with Gasteiger partial charge in [-0.15, -0.1) is 0 Å². The third-order valence-electron chi connectivity index (χ3n) is 5.03. The van der Waals surface area contributed by atoms with Gasteiger partial charge in [-0.3, -0.25) is 4.72 Å². The molecule has 0 saturated carbocycles. The average molecular weight is 474 g/mol. The second kappa shape index (κ2) is 10.3. The van der Waals surface area contributed by atoms with Crippen LogP contribution in [0.3, 0.4) is 0 Å². The van der Waals surface area contributed by atoms with Crippen molar-refractivity contribution in [2.75, 3.05) is 10.6 Å². The van der Waals surface area contributed by atoms with E-state index in [4.69, 9.17) is 4.98 Å². The van der Waals surface area contributed by atoms with Crippen molar-refractivity contribution in [3.8, 4) is 0 Å². The molecular formula is C26H31N7S. The minimum absolute atomic E-state index is 0.0363. The topological polar surface area (TPSA) is 79.7 Å². The fraction of sp³-hybridized carbons (Fsp3) is 0.269. The molecular weight excluding hydrogens is 442 g/mol. The molecule has 0 spiro atoms. The number of hydrogen-bond donors (Lipinski definition) is 3. The van der Waals surface area contributed by atoms with Gasteiger partial charge in [-0.05, 0) is 82.5 Å². The molecule has 176 valence electrons. The van der Waals surface area contributed by atoms with Crippen molar-refractivity contribution < 1.29 is 0 Å². The van der Waals surface area contributed by atoms with E-state index in [1.165, 1.54) is 5.56 Å². The number of benzene rings is 2. The summed E-state index contributed by atoms with van der Waals surface area (Å²) in [6, 6.07) is 16.6. The van der Waals surface area contributed by atoms with E-state index in [1.54, 1.807) is 11.9 Å². The maximum absolute atomic E-state index is 4.70. The molecule has 2 aromatic carbocycles. The van der Waals surface area contributed by atoms with Gasteiger partial charge in [0.05, 0.1) is 0 Å². The SMILES string of the molecule is Cc1cnc(Nc2ccc(Cn3ccnc3C)cc2)nc1Nc1cccc(SNC(C)(C)C)c1. The lowest BCUT2D eigenvalue weighted by Crippen LogP contribution is -2.29. The summed E-state index contributed by atoms with van der Waals surface area (Å²) in [5, 5.41) is 6.74. The summed E-state index contributed by atoms with van der Waals surface area (Å²) < 4.78 is 5.57. The number of aryl methyl sites for hydroxylation is 2. The molecule has 4 rings (SSSR count). The first kappa shape index (κ1) is 23.8. The second-order valence-electron chi connectivity index (χ2n) is 9.26. The minimum Gasteiger partial charge on any atom is -0.340 e. The summed E-state index contributed by atoms with van der Waals surface area (Å²) >= 11 is 1.62. The van der Waals surface area contributed by atoms with E-state index < -0.39 is 0 Å². The van der Waals surface area contributed by atoms with Crippen molar-refractivity contribution in [2.45, 2.75) is 51.6 Å². The molecule has 2 aromatic heterocycles. The molecule has 0 amide bonds. The van der Waals surface area contributed by atoms with Gasteiger partial charge in [0.1, 0.15) is 11.6 Å². The lowest BCUT2D eigenvalue weighted by Gasteiger charge is -2.19. The van der Waals surface area contributed by atoms with Crippen LogP contribution in [0.4, 0.5) is 23.1 Å². The lowest BCUT2D eigenvalue weighted by molar-refractivity contribution is 0.535. The van der Waals surface area contributed by atoms with Crippen LogP contribution in [-0.2, 0) is 6.54 Å². The highest BCUT2D eigenvalue weighted by atomic mass is 32.2. The highest BCUT2D eigenvalue weighted by Crippen LogP contribution is 2.25. The van der Waals surface area contributed by atoms with Crippen LogP contribution in [0.25, 0.3) is 0 Å². The molecule has 34 heavy (non-hydrogen) atoms. The fourth-order valence-corrected chi connectivity index (χ4v) is 3.96. The summed E-state index contributed by atoms with van der Waals surface area (Å²) in [6.45, 7) is 11.2.